The van der Waals surface area contributed by atoms with Gasteiger partial charge in [0.15, 0.2) is 0 Å². The minimum Gasteiger partial charge on any atom is -0.383 e. The molecule has 1 heterocycles. The van der Waals surface area contributed by atoms with Gasteiger partial charge >= 0.3 is 0 Å². The van der Waals surface area contributed by atoms with Gasteiger partial charge in [-0.1, -0.05) is 20.8 Å². The van der Waals surface area contributed by atoms with Crippen molar-refractivity contribution in [2.24, 2.45) is 0 Å². The summed E-state index contributed by atoms with van der Waals surface area (Å²) in [6.45, 7) is 9.72. The van der Waals surface area contributed by atoms with Gasteiger partial charge in [0.1, 0.15) is 5.82 Å². The molecule has 0 amide bonds. The van der Waals surface area contributed by atoms with E-state index in [1.54, 1.807) is 7.11 Å². The lowest BCUT2D eigenvalue weighted by Crippen LogP contribution is -2.26. The van der Waals surface area contributed by atoms with Gasteiger partial charge < -0.3 is 15.0 Å². The maximum atomic E-state index is 5.14. The van der Waals surface area contributed by atoms with E-state index >= 15 is 0 Å². The molecule has 0 spiro atoms. The van der Waals surface area contributed by atoms with Crippen molar-refractivity contribution in [1.82, 2.24) is 15.3 Å². The highest BCUT2D eigenvalue weighted by Crippen LogP contribution is 2.19. The second-order valence-electron chi connectivity index (χ2n) is 5.31. The zero-order chi connectivity index (χ0) is 15.0. The van der Waals surface area contributed by atoms with Gasteiger partial charge in [-0.3, -0.25) is 0 Å². The highest BCUT2D eigenvalue weighted by Gasteiger charge is 2.12. The Hall–Kier alpha value is -1.20. The lowest BCUT2D eigenvalue weighted by atomic mass is 10.2. The molecule has 0 saturated carbocycles. The molecule has 0 fully saturated rings. The first-order valence-electron chi connectivity index (χ1n) is 7.36. The summed E-state index contributed by atoms with van der Waals surface area (Å²) < 4.78 is 5.14. The molecule has 0 unspecified atom stereocenters. The van der Waals surface area contributed by atoms with Gasteiger partial charge in [-0.05, 0) is 13.0 Å². The monoisotopic (exact) mass is 280 g/mol. The average molecular weight is 280 g/mol. The van der Waals surface area contributed by atoms with Crippen LogP contribution in [0.1, 0.15) is 44.6 Å². The van der Waals surface area contributed by atoms with Crippen LogP contribution >= 0.6 is 0 Å². The molecule has 0 saturated heterocycles. The zero-order valence-corrected chi connectivity index (χ0v) is 13.4. The molecule has 0 aliphatic heterocycles. The van der Waals surface area contributed by atoms with E-state index in [0.29, 0.717) is 12.5 Å². The molecule has 114 valence electrons. The van der Waals surface area contributed by atoms with Gasteiger partial charge in [-0.25, -0.2) is 9.97 Å². The Morgan fingerprint density at radius 3 is 2.75 bits per heavy atom. The Balaban J connectivity index is 2.89. The quantitative estimate of drug-likeness (QED) is 0.703. The standard InChI is InChI=1S/C15H28N4O/c1-6-7-16-10-13-14(19(4)8-9-20-5)11-17-15(18-13)12(2)3/h11-12,16H,6-10H2,1-5H3. The minimum atomic E-state index is 0.346. The first-order valence-corrected chi connectivity index (χ1v) is 7.36. The van der Waals surface area contributed by atoms with Crippen LogP contribution in [0.2, 0.25) is 0 Å². The van der Waals surface area contributed by atoms with E-state index in [-0.39, 0.29) is 0 Å². The van der Waals surface area contributed by atoms with E-state index in [2.05, 4.69) is 43.0 Å². The minimum absolute atomic E-state index is 0.346. The third-order valence-electron chi connectivity index (χ3n) is 3.14. The Kier molecular flexibility index (Phi) is 7.47. The SMILES string of the molecule is CCCNCc1nc(C(C)C)ncc1N(C)CCOC. The summed E-state index contributed by atoms with van der Waals surface area (Å²) in [5.74, 6) is 1.25. The molecule has 1 rings (SSSR count). The molecular formula is C15H28N4O. The van der Waals surface area contributed by atoms with Crippen LogP contribution in [0.4, 0.5) is 5.69 Å². The second-order valence-corrected chi connectivity index (χ2v) is 5.31. The molecule has 20 heavy (non-hydrogen) atoms. The Morgan fingerprint density at radius 2 is 2.15 bits per heavy atom. The van der Waals surface area contributed by atoms with Crippen molar-refractivity contribution in [2.45, 2.75) is 39.7 Å². The van der Waals surface area contributed by atoms with Gasteiger partial charge in [0, 0.05) is 33.2 Å². The van der Waals surface area contributed by atoms with Crippen molar-refractivity contribution >= 4 is 5.69 Å². The largest absolute Gasteiger partial charge is 0.383 e. The summed E-state index contributed by atoms with van der Waals surface area (Å²) in [4.78, 5) is 11.3. The molecular weight excluding hydrogens is 252 g/mol. The van der Waals surface area contributed by atoms with Crippen molar-refractivity contribution in [3.63, 3.8) is 0 Å². The number of nitrogens with one attached hydrogen (secondary N) is 1. The van der Waals surface area contributed by atoms with E-state index < -0.39 is 0 Å². The number of nitrogens with zero attached hydrogens (tertiary/aromatic N) is 3. The molecule has 1 aromatic rings. The summed E-state index contributed by atoms with van der Waals surface area (Å²) >= 11 is 0. The molecule has 0 radical (unpaired) electrons. The van der Waals surface area contributed by atoms with Gasteiger partial charge in [0.25, 0.3) is 0 Å². The number of ether oxygens (including phenoxy) is 1. The van der Waals surface area contributed by atoms with Crippen LogP contribution in [0.5, 0.6) is 0 Å². The second kappa shape index (κ2) is 8.87. The van der Waals surface area contributed by atoms with Crippen LogP contribution in [0.3, 0.4) is 0 Å². The summed E-state index contributed by atoms with van der Waals surface area (Å²) in [6, 6.07) is 0. The fourth-order valence-electron chi connectivity index (χ4n) is 1.89. The number of likely N-dealkylation sites (N-methyl/N-ethyl adjacent to an activating group) is 1. The number of hydrogen-bond acceptors (Lipinski definition) is 5. The lowest BCUT2D eigenvalue weighted by Gasteiger charge is -2.22. The molecule has 5 nitrogen and oxygen atoms in total. The van der Waals surface area contributed by atoms with E-state index in [9.17, 15) is 0 Å². The van der Waals surface area contributed by atoms with Crippen LogP contribution in [0.25, 0.3) is 0 Å². The third kappa shape index (κ3) is 5.06. The zero-order valence-electron chi connectivity index (χ0n) is 13.4. The summed E-state index contributed by atoms with van der Waals surface area (Å²) in [6.07, 6.45) is 3.05. The molecule has 0 aromatic carbocycles. The van der Waals surface area contributed by atoms with E-state index in [0.717, 1.165) is 43.3 Å². The number of rotatable bonds is 9. The number of hydrogen-bond donors (Lipinski definition) is 1. The van der Waals surface area contributed by atoms with E-state index in [4.69, 9.17) is 9.72 Å². The maximum Gasteiger partial charge on any atom is 0.131 e. The van der Waals surface area contributed by atoms with Gasteiger partial charge in [-0.2, -0.15) is 0 Å². The highest BCUT2D eigenvalue weighted by atomic mass is 16.5. The predicted molar refractivity (Wildman–Crippen MR) is 83.3 cm³/mol. The van der Waals surface area contributed by atoms with Gasteiger partial charge in [0.2, 0.25) is 0 Å². The van der Waals surface area contributed by atoms with Crippen molar-refractivity contribution in [2.75, 3.05) is 38.8 Å². The van der Waals surface area contributed by atoms with Crippen molar-refractivity contribution < 1.29 is 4.74 Å². The van der Waals surface area contributed by atoms with Crippen LogP contribution < -0.4 is 10.2 Å². The first-order chi connectivity index (χ1) is 9.60. The third-order valence-corrected chi connectivity index (χ3v) is 3.14. The Bertz CT molecular complexity index is 395. The fraction of sp³-hybridized carbons (Fsp3) is 0.733. The molecule has 5 heteroatoms. The van der Waals surface area contributed by atoms with E-state index in [1.807, 2.05) is 6.20 Å². The molecule has 0 aliphatic rings. The van der Waals surface area contributed by atoms with Crippen LogP contribution in [-0.4, -0.2) is 43.8 Å². The summed E-state index contributed by atoms with van der Waals surface area (Å²) in [5.41, 5.74) is 2.14. The Labute approximate surface area is 122 Å². The number of methoxy groups -OCH3 is 1. The molecule has 1 N–H and O–H groups in total. The van der Waals surface area contributed by atoms with E-state index in [1.165, 1.54) is 0 Å². The normalized spacial score (nSPS) is 11.1. The fourth-order valence-corrected chi connectivity index (χ4v) is 1.89. The summed E-state index contributed by atoms with van der Waals surface area (Å²) in [7, 11) is 3.77. The topological polar surface area (TPSA) is 50.3 Å². The van der Waals surface area contributed by atoms with Crippen LogP contribution in [0.15, 0.2) is 6.20 Å². The maximum absolute atomic E-state index is 5.14. The molecule has 1 aromatic heterocycles. The average Bonchev–Trinajstić information content (AvgIpc) is 2.44. The van der Waals surface area contributed by atoms with Crippen LogP contribution in [-0.2, 0) is 11.3 Å². The van der Waals surface area contributed by atoms with Gasteiger partial charge in [0.05, 0.1) is 24.2 Å². The molecule has 0 atom stereocenters. The van der Waals surface area contributed by atoms with Crippen molar-refractivity contribution in [3.05, 3.63) is 17.7 Å². The summed E-state index contributed by atoms with van der Waals surface area (Å²) in [5, 5.41) is 3.42. The smallest absolute Gasteiger partial charge is 0.131 e. The van der Waals surface area contributed by atoms with Crippen molar-refractivity contribution in [3.8, 4) is 0 Å². The lowest BCUT2D eigenvalue weighted by molar-refractivity contribution is 0.206. The number of aromatic nitrogens is 2. The highest BCUT2D eigenvalue weighted by molar-refractivity contribution is 5.48. The Morgan fingerprint density at radius 1 is 1.40 bits per heavy atom. The van der Waals surface area contributed by atoms with Gasteiger partial charge in [-0.15, -0.1) is 0 Å². The molecule has 0 aliphatic carbocycles. The number of anilines is 1. The van der Waals surface area contributed by atoms with Crippen LogP contribution in [0, 0.1) is 0 Å². The first kappa shape index (κ1) is 16.9. The molecule has 0 bridgehead atoms. The van der Waals surface area contributed by atoms with Crippen molar-refractivity contribution in [1.29, 1.82) is 0 Å². The predicted octanol–water partition coefficient (Wildman–Crippen LogP) is 2.18.